The Bertz CT molecular complexity index is 869. The minimum Gasteiger partial charge on any atom is -0.477 e. The van der Waals surface area contributed by atoms with Gasteiger partial charge >= 0.3 is 5.97 Å². The van der Waals surface area contributed by atoms with Crippen molar-refractivity contribution < 1.29 is 14.3 Å². The van der Waals surface area contributed by atoms with Gasteiger partial charge in [0.2, 0.25) is 5.43 Å². The number of nitrogens with one attached hydrogen (secondary N) is 1. The number of carbonyl (C=O) groups is 1. The van der Waals surface area contributed by atoms with Crippen LogP contribution in [-0.4, -0.2) is 41.8 Å². The number of halogens is 1. The molecule has 0 spiro atoms. The monoisotopic (exact) mass is 331 g/mol. The lowest BCUT2D eigenvalue weighted by Crippen LogP contribution is -2.43. The number of hydrogen-bond donors (Lipinski definition) is 2. The molecule has 6 nitrogen and oxygen atoms in total. The van der Waals surface area contributed by atoms with Crippen molar-refractivity contribution in [3.63, 3.8) is 0 Å². The zero-order chi connectivity index (χ0) is 17.3. The topological polar surface area (TPSA) is 74.6 Å². The number of benzene rings is 1. The number of aromatic nitrogens is 1. The van der Waals surface area contributed by atoms with Crippen molar-refractivity contribution in [3.05, 3.63) is 52.6 Å². The number of carboxylic acid groups (broad SMARTS) is 1. The summed E-state index contributed by atoms with van der Waals surface area (Å²) in [7, 11) is 0. The molecule has 1 fully saturated rings. The highest BCUT2D eigenvalue weighted by Gasteiger charge is 2.20. The fourth-order valence-electron chi connectivity index (χ4n) is 2.99. The summed E-state index contributed by atoms with van der Waals surface area (Å²) in [5.74, 6) is -1.85. The molecule has 7 heteroatoms. The summed E-state index contributed by atoms with van der Waals surface area (Å²) in [6, 6.07) is 2.76. The first kappa shape index (κ1) is 16.2. The van der Waals surface area contributed by atoms with E-state index in [2.05, 4.69) is 11.9 Å². The van der Waals surface area contributed by atoms with E-state index in [9.17, 15) is 19.1 Å². The predicted octanol–water partition coefficient (Wildman–Crippen LogP) is 1.43. The quantitative estimate of drug-likeness (QED) is 0.829. The van der Waals surface area contributed by atoms with E-state index in [0.29, 0.717) is 30.8 Å². The van der Waals surface area contributed by atoms with Gasteiger partial charge in [0.1, 0.15) is 11.4 Å². The van der Waals surface area contributed by atoms with Crippen LogP contribution in [0.3, 0.4) is 0 Å². The second-order valence-electron chi connectivity index (χ2n) is 5.68. The molecule has 1 saturated heterocycles. The van der Waals surface area contributed by atoms with Gasteiger partial charge in [-0.05, 0) is 12.1 Å². The van der Waals surface area contributed by atoms with Crippen molar-refractivity contribution in [2.45, 2.75) is 6.54 Å². The molecule has 3 rings (SSSR count). The van der Waals surface area contributed by atoms with Gasteiger partial charge in [0, 0.05) is 44.3 Å². The summed E-state index contributed by atoms with van der Waals surface area (Å²) in [6.45, 7) is 6.83. The van der Waals surface area contributed by atoms with Crippen molar-refractivity contribution >= 4 is 22.6 Å². The Morgan fingerprint density at radius 1 is 1.38 bits per heavy atom. The molecule has 1 aliphatic heterocycles. The Morgan fingerprint density at radius 2 is 2.08 bits per heavy atom. The van der Waals surface area contributed by atoms with E-state index in [0.717, 1.165) is 19.2 Å². The van der Waals surface area contributed by atoms with Gasteiger partial charge < -0.3 is 19.9 Å². The Kier molecular flexibility index (Phi) is 4.35. The van der Waals surface area contributed by atoms with E-state index in [4.69, 9.17) is 0 Å². The maximum atomic E-state index is 14.6. The molecule has 0 radical (unpaired) electrons. The third-order valence-electron chi connectivity index (χ3n) is 4.16. The molecule has 0 aliphatic carbocycles. The van der Waals surface area contributed by atoms with Gasteiger partial charge in [0.25, 0.3) is 0 Å². The number of fused-ring (bicyclic) bond motifs is 1. The third-order valence-corrected chi connectivity index (χ3v) is 4.16. The Morgan fingerprint density at radius 3 is 2.71 bits per heavy atom. The molecule has 0 bridgehead atoms. The van der Waals surface area contributed by atoms with Gasteiger partial charge in [0.05, 0.1) is 11.2 Å². The van der Waals surface area contributed by atoms with E-state index in [1.165, 1.54) is 6.20 Å². The molecule has 1 aromatic heterocycles. The van der Waals surface area contributed by atoms with Gasteiger partial charge in [-0.15, -0.1) is 6.58 Å². The Hall–Kier alpha value is -2.67. The van der Waals surface area contributed by atoms with Crippen LogP contribution in [0.25, 0.3) is 10.9 Å². The SMILES string of the molecule is C=CCn1cc(C(=O)O)c(=O)c2cc(F)c(N3CCNCC3)cc21. The van der Waals surface area contributed by atoms with Crippen LogP contribution in [0.15, 0.2) is 35.8 Å². The fraction of sp³-hybridized carbons (Fsp3) is 0.294. The minimum atomic E-state index is -1.33. The number of anilines is 1. The number of pyridine rings is 1. The van der Waals surface area contributed by atoms with Gasteiger partial charge in [-0.1, -0.05) is 6.08 Å². The lowest BCUT2D eigenvalue weighted by molar-refractivity contribution is 0.0695. The van der Waals surface area contributed by atoms with Crippen molar-refractivity contribution in [3.8, 4) is 0 Å². The smallest absolute Gasteiger partial charge is 0.341 e. The van der Waals surface area contributed by atoms with Crippen molar-refractivity contribution in [1.29, 1.82) is 0 Å². The molecule has 0 unspecified atom stereocenters. The van der Waals surface area contributed by atoms with Crippen molar-refractivity contribution in [2.24, 2.45) is 0 Å². The van der Waals surface area contributed by atoms with Crippen LogP contribution in [0.1, 0.15) is 10.4 Å². The summed E-state index contributed by atoms with van der Waals surface area (Å²) in [6.07, 6.45) is 2.89. The molecule has 0 amide bonds. The summed E-state index contributed by atoms with van der Waals surface area (Å²) in [5, 5.41) is 12.5. The molecular weight excluding hydrogens is 313 g/mol. The first-order valence-electron chi connectivity index (χ1n) is 7.69. The number of nitrogens with zero attached hydrogens (tertiary/aromatic N) is 2. The molecule has 0 atom stereocenters. The third kappa shape index (κ3) is 2.78. The van der Waals surface area contributed by atoms with E-state index in [1.54, 1.807) is 16.7 Å². The Balaban J connectivity index is 2.25. The van der Waals surface area contributed by atoms with Crippen LogP contribution in [-0.2, 0) is 6.54 Å². The molecule has 2 aromatic rings. The molecule has 1 aromatic carbocycles. The second kappa shape index (κ2) is 6.45. The highest BCUT2D eigenvalue weighted by Crippen LogP contribution is 2.25. The average molecular weight is 331 g/mol. The number of piperazine rings is 1. The second-order valence-corrected chi connectivity index (χ2v) is 5.68. The van der Waals surface area contributed by atoms with E-state index in [1.807, 2.05) is 4.90 Å². The average Bonchev–Trinajstić information content (AvgIpc) is 2.57. The number of aromatic carboxylic acids is 1. The summed E-state index contributed by atoms with van der Waals surface area (Å²) in [5.41, 5.74) is -0.133. The number of hydrogen-bond acceptors (Lipinski definition) is 4. The van der Waals surface area contributed by atoms with Crippen LogP contribution in [0.4, 0.5) is 10.1 Å². The zero-order valence-corrected chi connectivity index (χ0v) is 13.1. The van der Waals surface area contributed by atoms with Gasteiger partial charge in [-0.25, -0.2) is 9.18 Å². The van der Waals surface area contributed by atoms with E-state index < -0.39 is 17.2 Å². The molecule has 126 valence electrons. The lowest BCUT2D eigenvalue weighted by Gasteiger charge is -2.30. The maximum absolute atomic E-state index is 14.6. The molecule has 2 heterocycles. The molecule has 1 aliphatic rings. The first-order valence-corrected chi connectivity index (χ1v) is 7.69. The summed E-state index contributed by atoms with van der Waals surface area (Å²) >= 11 is 0. The van der Waals surface area contributed by atoms with E-state index >= 15 is 0 Å². The lowest BCUT2D eigenvalue weighted by atomic mass is 10.1. The summed E-state index contributed by atoms with van der Waals surface area (Å²) in [4.78, 5) is 25.5. The normalized spacial score (nSPS) is 14.8. The number of allylic oxidation sites excluding steroid dienone is 1. The van der Waals surface area contributed by atoms with Crippen LogP contribution < -0.4 is 15.6 Å². The van der Waals surface area contributed by atoms with Crippen LogP contribution >= 0.6 is 0 Å². The Labute approximate surface area is 137 Å². The largest absolute Gasteiger partial charge is 0.477 e. The number of rotatable bonds is 4. The maximum Gasteiger partial charge on any atom is 0.341 e. The molecular formula is C17H18FN3O3. The highest BCUT2D eigenvalue weighted by molar-refractivity contribution is 5.93. The van der Waals surface area contributed by atoms with Crippen LogP contribution in [0.2, 0.25) is 0 Å². The van der Waals surface area contributed by atoms with Gasteiger partial charge in [-0.3, -0.25) is 4.79 Å². The minimum absolute atomic E-state index is 0.0631. The van der Waals surface area contributed by atoms with Crippen LogP contribution in [0.5, 0.6) is 0 Å². The summed E-state index contributed by atoms with van der Waals surface area (Å²) < 4.78 is 16.2. The first-order chi connectivity index (χ1) is 11.5. The predicted molar refractivity (Wildman–Crippen MR) is 90.4 cm³/mol. The molecule has 0 saturated carbocycles. The molecule has 24 heavy (non-hydrogen) atoms. The van der Waals surface area contributed by atoms with Crippen molar-refractivity contribution in [2.75, 3.05) is 31.1 Å². The highest BCUT2D eigenvalue weighted by atomic mass is 19.1. The molecule has 2 N–H and O–H groups in total. The van der Waals surface area contributed by atoms with E-state index in [-0.39, 0.29) is 10.9 Å². The number of carboxylic acids is 1. The van der Waals surface area contributed by atoms with Crippen molar-refractivity contribution in [1.82, 2.24) is 9.88 Å². The fourth-order valence-corrected chi connectivity index (χ4v) is 2.99. The van der Waals surface area contributed by atoms with Gasteiger partial charge in [-0.2, -0.15) is 0 Å². The van der Waals surface area contributed by atoms with Gasteiger partial charge in [0.15, 0.2) is 0 Å². The van der Waals surface area contributed by atoms with Crippen LogP contribution in [0, 0.1) is 5.82 Å². The zero-order valence-electron chi connectivity index (χ0n) is 13.1. The standard InChI is InChI=1S/C17H18FN3O3/c1-2-5-21-10-12(17(23)24)16(22)11-8-13(18)15(9-14(11)21)20-6-3-19-4-7-20/h2,8-10,19H,1,3-7H2,(H,23,24).